The zero-order valence-electron chi connectivity index (χ0n) is 21.3. The van der Waals surface area contributed by atoms with Gasteiger partial charge in [0.2, 0.25) is 0 Å². The molecule has 2 aromatic carbocycles. The molecule has 2 heterocycles. The lowest BCUT2D eigenvalue weighted by atomic mass is 10.0. The molecule has 6 nitrogen and oxygen atoms in total. The molecule has 0 bridgehead atoms. The first-order valence-corrected chi connectivity index (χ1v) is 13.9. The molecular formula is C29H27ClN4O2S2. The molecule has 1 aliphatic rings. The molecule has 4 rings (SSSR count). The number of amides is 1. The number of nitrogens with zero attached hydrogens (tertiary/aromatic N) is 3. The van der Waals surface area contributed by atoms with Gasteiger partial charge < -0.3 is 5.32 Å². The van der Waals surface area contributed by atoms with E-state index in [1.165, 1.54) is 11.8 Å². The highest BCUT2D eigenvalue weighted by atomic mass is 35.5. The highest BCUT2D eigenvalue weighted by Gasteiger charge is 2.36. The molecule has 1 aromatic heterocycles. The molecule has 1 fully saturated rings. The molecule has 3 aromatic rings. The van der Waals surface area contributed by atoms with Crippen LogP contribution in [0.5, 0.6) is 0 Å². The zero-order valence-corrected chi connectivity index (χ0v) is 23.7. The summed E-state index contributed by atoms with van der Waals surface area (Å²) >= 11 is 13.2. The van der Waals surface area contributed by atoms with E-state index in [0.717, 1.165) is 11.1 Å². The predicted octanol–water partition coefficient (Wildman–Crippen LogP) is 6.67. The molecule has 1 unspecified atom stereocenters. The van der Waals surface area contributed by atoms with Gasteiger partial charge >= 0.3 is 0 Å². The number of halogens is 1. The Labute approximate surface area is 236 Å². The van der Waals surface area contributed by atoms with Crippen LogP contribution in [0.1, 0.15) is 54.1 Å². The van der Waals surface area contributed by atoms with E-state index < -0.39 is 0 Å². The molecule has 1 N–H and O–H groups in total. The normalized spacial score (nSPS) is 15.1. The Morgan fingerprint density at radius 1 is 1.16 bits per heavy atom. The molecule has 38 heavy (non-hydrogen) atoms. The van der Waals surface area contributed by atoms with Crippen molar-refractivity contribution in [1.29, 1.82) is 5.26 Å². The standard InChI is InChI=1S/C29H27ClN4O2S2/c1-4-14-33-26(32-17-21-12-8-9-13-24(21)30)22(18(2)23(16-31)27(33)35)15-25-28(36)34(29(37)38-25)19(3)20-10-6-5-7-11-20/h5-13,15,19,32H,4,14,17H2,1-3H3/b25-15+. The number of nitriles is 1. The molecule has 1 saturated heterocycles. The number of pyridine rings is 1. The second-order valence-corrected chi connectivity index (χ2v) is 11.0. The van der Waals surface area contributed by atoms with Crippen molar-refractivity contribution >= 4 is 57.7 Å². The van der Waals surface area contributed by atoms with Crippen molar-refractivity contribution in [2.75, 3.05) is 5.32 Å². The van der Waals surface area contributed by atoms with Crippen LogP contribution in [-0.4, -0.2) is 19.7 Å². The molecule has 194 valence electrons. The number of thioether (sulfide) groups is 1. The Bertz CT molecular complexity index is 1530. The van der Waals surface area contributed by atoms with Crippen molar-refractivity contribution in [2.45, 2.75) is 46.3 Å². The van der Waals surface area contributed by atoms with Crippen LogP contribution in [-0.2, 0) is 17.9 Å². The van der Waals surface area contributed by atoms with E-state index in [4.69, 9.17) is 23.8 Å². The number of aromatic nitrogens is 1. The molecule has 0 aliphatic carbocycles. The minimum absolute atomic E-state index is 0.0566. The van der Waals surface area contributed by atoms with Gasteiger partial charge in [-0.1, -0.05) is 91.0 Å². The molecule has 0 saturated carbocycles. The molecule has 1 atom stereocenters. The van der Waals surface area contributed by atoms with E-state index in [-0.39, 0.29) is 23.1 Å². The summed E-state index contributed by atoms with van der Waals surface area (Å²) in [5.74, 6) is 0.328. The summed E-state index contributed by atoms with van der Waals surface area (Å²) in [5, 5.41) is 13.8. The first kappa shape index (κ1) is 27.6. The highest BCUT2D eigenvalue weighted by molar-refractivity contribution is 8.26. The van der Waals surface area contributed by atoms with Gasteiger partial charge in [-0.25, -0.2) is 0 Å². The third kappa shape index (κ3) is 5.41. The first-order chi connectivity index (χ1) is 18.3. The molecule has 1 amide bonds. The average molecular weight is 563 g/mol. The Hall–Kier alpha value is -3.38. The van der Waals surface area contributed by atoms with Gasteiger partial charge in [-0.05, 0) is 49.1 Å². The van der Waals surface area contributed by atoms with Gasteiger partial charge in [-0.15, -0.1) is 0 Å². The number of nitrogens with one attached hydrogen (secondary N) is 1. The largest absolute Gasteiger partial charge is 0.367 e. The average Bonchev–Trinajstić information content (AvgIpc) is 3.20. The summed E-state index contributed by atoms with van der Waals surface area (Å²) in [4.78, 5) is 28.9. The highest BCUT2D eigenvalue weighted by Crippen LogP contribution is 2.39. The fourth-order valence-corrected chi connectivity index (χ4v) is 6.04. The Morgan fingerprint density at radius 3 is 2.50 bits per heavy atom. The number of hydrogen-bond donors (Lipinski definition) is 1. The second-order valence-electron chi connectivity index (χ2n) is 8.91. The number of benzene rings is 2. The van der Waals surface area contributed by atoms with E-state index in [1.54, 1.807) is 22.5 Å². The van der Waals surface area contributed by atoms with Crippen LogP contribution in [0.2, 0.25) is 5.02 Å². The molecule has 0 radical (unpaired) electrons. The fraction of sp³-hybridized carbons (Fsp3) is 0.241. The number of carbonyl (C=O) groups excluding carboxylic acids is 1. The monoisotopic (exact) mass is 562 g/mol. The summed E-state index contributed by atoms with van der Waals surface area (Å²) in [6.07, 6.45) is 2.43. The predicted molar refractivity (Wildman–Crippen MR) is 159 cm³/mol. The van der Waals surface area contributed by atoms with Crippen molar-refractivity contribution < 1.29 is 4.79 Å². The number of rotatable bonds is 8. The van der Waals surface area contributed by atoms with Gasteiger partial charge in [-0.3, -0.25) is 19.1 Å². The van der Waals surface area contributed by atoms with Crippen molar-refractivity contribution in [3.05, 3.63) is 103 Å². The maximum atomic E-state index is 13.6. The third-order valence-electron chi connectivity index (χ3n) is 6.49. The van der Waals surface area contributed by atoms with Crippen molar-refractivity contribution in [2.24, 2.45) is 0 Å². The third-order valence-corrected chi connectivity index (χ3v) is 8.19. The topological polar surface area (TPSA) is 78.1 Å². The van der Waals surface area contributed by atoms with Crippen LogP contribution >= 0.6 is 35.6 Å². The lowest BCUT2D eigenvalue weighted by molar-refractivity contribution is -0.123. The molecule has 9 heteroatoms. The van der Waals surface area contributed by atoms with Gasteiger partial charge in [0.15, 0.2) is 0 Å². The number of thiocarbonyl (C=S) groups is 1. The number of carbonyl (C=O) groups is 1. The van der Waals surface area contributed by atoms with Gasteiger partial charge in [0.05, 0.1) is 10.9 Å². The van der Waals surface area contributed by atoms with Crippen molar-refractivity contribution in [1.82, 2.24) is 9.47 Å². The van der Waals surface area contributed by atoms with Gasteiger partial charge in [0.1, 0.15) is 21.8 Å². The summed E-state index contributed by atoms with van der Waals surface area (Å²) < 4.78 is 2.03. The smallest absolute Gasteiger partial charge is 0.270 e. The zero-order chi connectivity index (χ0) is 27.4. The van der Waals surface area contributed by atoms with Crippen molar-refractivity contribution in [3.63, 3.8) is 0 Å². The van der Waals surface area contributed by atoms with Gasteiger partial charge in [0.25, 0.3) is 11.5 Å². The molecular weight excluding hydrogens is 536 g/mol. The van der Waals surface area contributed by atoms with E-state index in [9.17, 15) is 14.9 Å². The van der Waals surface area contributed by atoms with E-state index in [1.807, 2.05) is 68.4 Å². The SMILES string of the molecule is CCCn1c(NCc2ccccc2Cl)c(/C=C2/SC(=S)N(C(C)c3ccccc3)C2=O)c(C)c(C#N)c1=O. The van der Waals surface area contributed by atoms with E-state index >= 15 is 0 Å². The summed E-state index contributed by atoms with van der Waals surface area (Å²) in [6, 6.07) is 19.0. The van der Waals surface area contributed by atoms with Crippen LogP contribution in [0, 0.1) is 18.3 Å². The van der Waals surface area contributed by atoms with Crippen LogP contribution in [0.15, 0.2) is 64.3 Å². The Balaban J connectivity index is 1.81. The summed E-state index contributed by atoms with van der Waals surface area (Å²) in [5.41, 5.74) is 2.65. The lowest BCUT2D eigenvalue weighted by Crippen LogP contribution is -2.31. The minimum atomic E-state index is -0.365. The molecule has 1 aliphatic heterocycles. The summed E-state index contributed by atoms with van der Waals surface area (Å²) in [7, 11) is 0. The quantitative estimate of drug-likeness (QED) is 0.244. The van der Waals surface area contributed by atoms with Crippen LogP contribution in [0.25, 0.3) is 6.08 Å². The van der Waals surface area contributed by atoms with Crippen LogP contribution in [0.4, 0.5) is 5.82 Å². The second kappa shape index (κ2) is 12.0. The Kier molecular flexibility index (Phi) is 8.72. The Morgan fingerprint density at radius 2 is 1.84 bits per heavy atom. The minimum Gasteiger partial charge on any atom is -0.367 e. The first-order valence-electron chi connectivity index (χ1n) is 12.2. The van der Waals surface area contributed by atoms with Gasteiger partial charge in [0, 0.05) is 23.7 Å². The maximum absolute atomic E-state index is 13.6. The van der Waals surface area contributed by atoms with E-state index in [2.05, 4.69) is 11.4 Å². The van der Waals surface area contributed by atoms with Crippen LogP contribution in [0.3, 0.4) is 0 Å². The van der Waals surface area contributed by atoms with Crippen LogP contribution < -0.4 is 10.9 Å². The maximum Gasteiger partial charge on any atom is 0.270 e. The van der Waals surface area contributed by atoms with E-state index in [0.29, 0.717) is 50.7 Å². The fourth-order valence-electron chi connectivity index (χ4n) is 4.44. The summed E-state index contributed by atoms with van der Waals surface area (Å²) in [6.45, 7) is 6.41. The van der Waals surface area contributed by atoms with Gasteiger partial charge in [-0.2, -0.15) is 5.26 Å². The molecule has 0 spiro atoms. The lowest BCUT2D eigenvalue weighted by Gasteiger charge is -2.23. The van der Waals surface area contributed by atoms with Crippen molar-refractivity contribution in [3.8, 4) is 6.07 Å². The number of hydrogen-bond acceptors (Lipinski definition) is 6. The number of anilines is 1.